The predicted molar refractivity (Wildman–Crippen MR) is 129 cm³/mol. The number of pyridine rings is 1. The van der Waals surface area contributed by atoms with E-state index in [4.69, 9.17) is 9.97 Å². The van der Waals surface area contributed by atoms with E-state index in [1.54, 1.807) is 30.3 Å². The van der Waals surface area contributed by atoms with Crippen LogP contribution in [0.1, 0.15) is 38.4 Å². The number of piperidine rings is 1. The fourth-order valence-electron chi connectivity index (χ4n) is 4.35. The van der Waals surface area contributed by atoms with Gasteiger partial charge in [0.1, 0.15) is 24.3 Å². The van der Waals surface area contributed by atoms with Crippen molar-refractivity contribution in [2.75, 3.05) is 11.9 Å². The monoisotopic (exact) mass is 454 g/mol. The van der Waals surface area contributed by atoms with Gasteiger partial charge in [0.15, 0.2) is 0 Å². The molecule has 5 rings (SSSR count). The molecule has 0 saturated carbocycles. The highest BCUT2D eigenvalue weighted by atomic mass is 16.2. The number of benzene rings is 1. The minimum atomic E-state index is 0.0683. The molecule has 9 heteroatoms. The van der Waals surface area contributed by atoms with Gasteiger partial charge in [-0.05, 0) is 50.1 Å². The summed E-state index contributed by atoms with van der Waals surface area (Å²) in [6, 6.07) is 13.9. The zero-order chi connectivity index (χ0) is 23.5. The van der Waals surface area contributed by atoms with E-state index in [1.807, 2.05) is 47.4 Å². The first-order chi connectivity index (χ1) is 16.6. The van der Waals surface area contributed by atoms with Crippen LogP contribution in [0.15, 0.2) is 67.5 Å². The Hall–Kier alpha value is -4.14. The van der Waals surface area contributed by atoms with E-state index in [2.05, 4.69) is 27.3 Å². The maximum atomic E-state index is 12.2. The van der Waals surface area contributed by atoms with E-state index < -0.39 is 0 Å². The predicted octanol–water partition coefficient (Wildman–Crippen LogP) is 3.98. The van der Waals surface area contributed by atoms with Gasteiger partial charge in [-0.15, -0.1) is 0 Å². The number of carbonyl (C=O) groups excluding carboxylic acids is 1. The van der Waals surface area contributed by atoms with Crippen molar-refractivity contribution in [2.45, 2.75) is 38.6 Å². The molecule has 0 radical (unpaired) electrons. The summed E-state index contributed by atoms with van der Waals surface area (Å²) >= 11 is 0. The lowest BCUT2D eigenvalue weighted by Gasteiger charge is -2.37. The molecule has 1 saturated heterocycles. The normalized spacial score (nSPS) is 18.0. The Bertz CT molecular complexity index is 1280. The topological polar surface area (TPSA) is 102 Å². The minimum absolute atomic E-state index is 0.0683. The molecule has 0 bridgehead atoms. The smallest absolute Gasteiger partial charge is 0.219 e. The summed E-state index contributed by atoms with van der Waals surface area (Å²) in [5.74, 6) is 1.57. The molecular weight excluding hydrogens is 428 g/mol. The molecule has 2 atom stereocenters. The fourth-order valence-corrected chi connectivity index (χ4v) is 4.35. The maximum Gasteiger partial charge on any atom is 0.219 e. The largest absolute Gasteiger partial charge is 0.340 e. The number of hydrogen-bond acceptors (Lipinski definition) is 7. The third kappa shape index (κ3) is 4.63. The summed E-state index contributed by atoms with van der Waals surface area (Å²) < 4.78 is 1.71. The number of aromatic nitrogens is 6. The van der Waals surface area contributed by atoms with Gasteiger partial charge in [0.05, 0.1) is 11.4 Å². The van der Waals surface area contributed by atoms with Crippen molar-refractivity contribution >= 4 is 17.4 Å². The number of hydrogen-bond donors (Lipinski definition) is 1. The van der Waals surface area contributed by atoms with Crippen LogP contribution < -0.4 is 5.32 Å². The van der Waals surface area contributed by atoms with Gasteiger partial charge in [0.25, 0.3) is 0 Å². The second-order valence-electron chi connectivity index (χ2n) is 8.55. The van der Waals surface area contributed by atoms with Gasteiger partial charge in [0, 0.05) is 55.1 Å². The average Bonchev–Trinajstić information content (AvgIpc) is 3.40. The Labute approximate surface area is 197 Å². The first-order valence-electron chi connectivity index (χ1n) is 11.4. The standard InChI is InChI=1S/C25H26N8O/c1-17-8-9-20(14-32(17)18(2)34)25-30-23(19-5-4-10-26-13-19)12-24(31-25)29-21-6-3-7-22(11-21)33-16-27-15-28-33/h3-7,10-13,15-17,20H,8-9,14H2,1-2H3,(H,29,30,31)/t17-,20+/m0/s1. The molecule has 1 aromatic carbocycles. The lowest BCUT2D eigenvalue weighted by molar-refractivity contribution is -0.132. The fraction of sp³-hybridized carbons (Fsp3) is 0.280. The van der Waals surface area contributed by atoms with E-state index in [0.717, 1.165) is 41.3 Å². The molecule has 4 heterocycles. The molecule has 0 unspecified atom stereocenters. The summed E-state index contributed by atoms with van der Waals surface area (Å²) in [5, 5.41) is 7.63. The summed E-state index contributed by atoms with van der Waals surface area (Å²) in [5.41, 5.74) is 3.47. The molecule has 0 aliphatic carbocycles. The molecule has 3 aromatic heterocycles. The molecule has 1 amide bonds. The van der Waals surface area contributed by atoms with Crippen molar-refractivity contribution in [3.8, 4) is 16.9 Å². The zero-order valence-corrected chi connectivity index (χ0v) is 19.2. The van der Waals surface area contributed by atoms with Crippen LogP contribution in [0.25, 0.3) is 16.9 Å². The van der Waals surface area contributed by atoms with Crippen LogP contribution >= 0.6 is 0 Å². The first-order valence-corrected chi connectivity index (χ1v) is 11.4. The van der Waals surface area contributed by atoms with Crippen molar-refractivity contribution in [3.63, 3.8) is 0 Å². The summed E-state index contributed by atoms with van der Waals surface area (Å²) in [6.07, 6.45) is 8.56. The van der Waals surface area contributed by atoms with Crippen LogP contribution in [0.5, 0.6) is 0 Å². The van der Waals surface area contributed by atoms with Gasteiger partial charge in [-0.1, -0.05) is 6.07 Å². The highest BCUT2D eigenvalue weighted by Crippen LogP contribution is 2.31. The van der Waals surface area contributed by atoms with Crippen LogP contribution in [0.3, 0.4) is 0 Å². The van der Waals surface area contributed by atoms with E-state index in [0.29, 0.717) is 12.4 Å². The molecular formula is C25H26N8O. The molecule has 1 fully saturated rings. The van der Waals surface area contributed by atoms with Gasteiger partial charge < -0.3 is 10.2 Å². The second-order valence-corrected chi connectivity index (χ2v) is 8.55. The minimum Gasteiger partial charge on any atom is -0.340 e. The molecule has 172 valence electrons. The lowest BCUT2D eigenvalue weighted by Crippen LogP contribution is -2.44. The Morgan fingerprint density at radius 2 is 2.00 bits per heavy atom. The van der Waals surface area contributed by atoms with Crippen molar-refractivity contribution in [3.05, 3.63) is 73.3 Å². The zero-order valence-electron chi connectivity index (χ0n) is 19.2. The average molecular weight is 455 g/mol. The Balaban J connectivity index is 1.50. The van der Waals surface area contributed by atoms with Crippen LogP contribution in [-0.4, -0.2) is 53.1 Å². The number of nitrogens with one attached hydrogen (secondary N) is 1. The number of rotatable bonds is 5. The van der Waals surface area contributed by atoms with Crippen molar-refractivity contribution in [1.82, 2.24) is 34.6 Å². The van der Waals surface area contributed by atoms with Crippen LogP contribution in [0.4, 0.5) is 11.5 Å². The number of likely N-dealkylation sites (tertiary alicyclic amines) is 1. The van der Waals surface area contributed by atoms with Crippen LogP contribution in [0.2, 0.25) is 0 Å². The Morgan fingerprint density at radius 1 is 1.09 bits per heavy atom. The lowest BCUT2D eigenvalue weighted by atomic mass is 9.92. The van der Waals surface area contributed by atoms with Gasteiger partial charge >= 0.3 is 0 Å². The Morgan fingerprint density at radius 3 is 2.76 bits per heavy atom. The summed E-state index contributed by atoms with van der Waals surface area (Å²) in [4.78, 5) is 32.1. The van der Waals surface area contributed by atoms with Crippen LogP contribution in [-0.2, 0) is 4.79 Å². The molecule has 34 heavy (non-hydrogen) atoms. The van der Waals surface area contributed by atoms with Gasteiger partial charge in [-0.2, -0.15) is 5.10 Å². The summed E-state index contributed by atoms with van der Waals surface area (Å²) in [7, 11) is 0. The van der Waals surface area contributed by atoms with Gasteiger partial charge in [-0.3, -0.25) is 9.78 Å². The SMILES string of the molecule is CC(=O)N1C[C@H](c2nc(Nc3cccc(-n4cncn4)c3)cc(-c3cccnc3)n2)CC[C@@H]1C. The maximum absolute atomic E-state index is 12.2. The van der Waals surface area contributed by atoms with E-state index in [1.165, 1.54) is 6.33 Å². The number of carbonyl (C=O) groups is 1. The number of anilines is 2. The van der Waals surface area contributed by atoms with Crippen LogP contribution in [0, 0.1) is 0 Å². The molecule has 1 aliphatic heterocycles. The number of nitrogens with zero attached hydrogens (tertiary/aromatic N) is 7. The third-order valence-electron chi connectivity index (χ3n) is 6.15. The van der Waals surface area contributed by atoms with Crippen molar-refractivity contribution in [1.29, 1.82) is 0 Å². The third-order valence-corrected chi connectivity index (χ3v) is 6.15. The highest BCUT2D eigenvalue weighted by Gasteiger charge is 2.30. The molecule has 4 aromatic rings. The number of amides is 1. The first kappa shape index (κ1) is 21.7. The van der Waals surface area contributed by atoms with E-state index >= 15 is 0 Å². The van der Waals surface area contributed by atoms with Crippen molar-refractivity contribution in [2.24, 2.45) is 0 Å². The van der Waals surface area contributed by atoms with Gasteiger partial charge in [0.2, 0.25) is 5.91 Å². The van der Waals surface area contributed by atoms with Gasteiger partial charge in [-0.25, -0.2) is 19.6 Å². The molecule has 1 aliphatic rings. The molecule has 0 spiro atoms. The molecule has 9 nitrogen and oxygen atoms in total. The van der Waals surface area contributed by atoms with Crippen molar-refractivity contribution < 1.29 is 4.79 Å². The molecule has 1 N–H and O–H groups in total. The quantitative estimate of drug-likeness (QED) is 0.487. The highest BCUT2D eigenvalue weighted by molar-refractivity contribution is 5.74. The Kier molecular flexibility index (Phi) is 5.99. The second kappa shape index (κ2) is 9.38. The summed E-state index contributed by atoms with van der Waals surface area (Å²) in [6.45, 7) is 4.34. The van der Waals surface area contributed by atoms with E-state index in [-0.39, 0.29) is 17.9 Å². The van der Waals surface area contributed by atoms with E-state index in [9.17, 15) is 4.79 Å².